The van der Waals surface area contributed by atoms with Crippen LogP contribution < -0.4 is 4.31 Å². The van der Waals surface area contributed by atoms with Crippen LogP contribution in [0.4, 0.5) is 5.69 Å². The summed E-state index contributed by atoms with van der Waals surface area (Å²) < 4.78 is 30.6. The molecule has 1 fully saturated rings. The number of ether oxygens (including phenoxy) is 1. The molecule has 1 heterocycles. The van der Waals surface area contributed by atoms with E-state index in [1.807, 2.05) is 31.2 Å². The van der Waals surface area contributed by atoms with Crippen LogP contribution in [0.5, 0.6) is 0 Å². The molecular weight excluding hydrogens is 238 g/mol. The van der Waals surface area contributed by atoms with Gasteiger partial charge in [0, 0.05) is 7.05 Å². The van der Waals surface area contributed by atoms with E-state index in [9.17, 15) is 8.42 Å². The van der Waals surface area contributed by atoms with E-state index in [4.69, 9.17) is 4.74 Å². The summed E-state index contributed by atoms with van der Waals surface area (Å²) in [7, 11) is -1.67. The van der Waals surface area contributed by atoms with Crippen molar-refractivity contribution in [2.75, 3.05) is 24.6 Å². The van der Waals surface area contributed by atoms with E-state index in [1.54, 1.807) is 7.05 Å². The van der Waals surface area contributed by atoms with Gasteiger partial charge in [-0.25, -0.2) is 8.42 Å². The zero-order valence-electron chi connectivity index (χ0n) is 10.1. The fourth-order valence-corrected chi connectivity index (χ4v) is 3.12. The molecule has 94 valence electrons. The summed E-state index contributed by atoms with van der Waals surface area (Å²) >= 11 is 0. The Morgan fingerprint density at radius 2 is 2.12 bits per heavy atom. The van der Waals surface area contributed by atoms with Crippen molar-refractivity contribution in [3.63, 3.8) is 0 Å². The lowest BCUT2D eigenvalue weighted by molar-refractivity contribution is 0.0415. The Bertz CT molecular complexity index is 494. The first-order chi connectivity index (χ1) is 8.05. The Morgan fingerprint density at radius 3 is 2.65 bits per heavy atom. The summed E-state index contributed by atoms with van der Waals surface area (Å²) in [4.78, 5) is 0. The third-order valence-electron chi connectivity index (χ3n) is 3.09. The van der Waals surface area contributed by atoms with Crippen molar-refractivity contribution >= 4 is 15.7 Å². The Kier molecular flexibility index (Phi) is 3.40. The maximum absolute atomic E-state index is 12.2. The number of anilines is 1. The number of hydrogen-bond acceptors (Lipinski definition) is 3. The first-order valence-electron chi connectivity index (χ1n) is 5.70. The number of nitrogens with zero attached hydrogens (tertiary/aromatic N) is 1. The van der Waals surface area contributed by atoms with Gasteiger partial charge in [-0.3, -0.25) is 4.31 Å². The Labute approximate surface area is 102 Å². The summed E-state index contributed by atoms with van der Waals surface area (Å²) in [6.07, 6.45) is 0.897. The predicted molar refractivity (Wildman–Crippen MR) is 67.7 cm³/mol. The highest BCUT2D eigenvalue weighted by Gasteiger charge is 2.35. The molecule has 0 unspecified atom stereocenters. The van der Waals surface area contributed by atoms with E-state index in [0.717, 1.165) is 17.7 Å². The number of sulfonamides is 1. The van der Waals surface area contributed by atoms with E-state index >= 15 is 0 Å². The normalized spacial score (nSPS) is 16.6. The zero-order valence-corrected chi connectivity index (χ0v) is 10.9. The molecule has 1 aliphatic heterocycles. The van der Waals surface area contributed by atoms with Crippen LogP contribution in [0, 0.1) is 0 Å². The van der Waals surface area contributed by atoms with Crippen LogP contribution in [0.3, 0.4) is 0 Å². The third-order valence-corrected chi connectivity index (χ3v) is 5.18. The molecule has 0 radical (unpaired) electrons. The van der Waals surface area contributed by atoms with Gasteiger partial charge in [-0.15, -0.1) is 0 Å². The molecule has 1 saturated heterocycles. The summed E-state index contributed by atoms with van der Waals surface area (Å²) in [5.74, 6) is 0. The van der Waals surface area contributed by atoms with Crippen LogP contribution in [0.1, 0.15) is 12.5 Å². The lowest BCUT2D eigenvalue weighted by Crippen LogP contribution is -2.47. The van der Waals surface area contributed by atoms with Gasteiger partial charge in [0.05, 0.1) is 18.9 Å². The van der Waals surface area contributed by atoms with Gasteiger partial charge in [-0.2, -0.15) is 0 Å². The van der Waals surface area contributed by atoms with Crippen molar-refractivity contribution in [3.8, 4) is 0 Å². The maximum atomic E-state index is 12.2. The van der Waals surface area contributed by atoms with Crippen LogP contribution in [0.25, 0.3) is 0 Å². The third kappa shape index (κ3) is 2.30. The highest BCUT2D eigenvalue weighted by molar-refractivity contribution is 7.93. The molecule has 0 saturated carbocycles. The summed E-state index contributed by atoms with van der Waals surface area (Å²) in [5.41, 5.74) is 1.85. The Balaban J connectivity index is 2.26. The topological polar surface area (TPSA) is 46.6 Å². The van der Waals surface area contributed by atoms with E-state index in [2.05, 4.69) is 0 Å². The minimum absolute atomic E-state index is 0.306. The molecule has 1 aliphatic rings. The van der Waals surface area contributed by atoms with Crippen molar-refractivity contribution in [2.45, 2.75) is 18.6 Å². The van der Waals surface area contributed by atoms with Gasteiger partial charge in [0.2, 0.25) is 10.0 Å². The first-order valence-corrected chi connectivity index (χ1v) is 7.20. The van der Waals surface area contributed by atoms with Gasteiger partial charge in [-0.05, 0) is 24.1 Å². The van der Waals surface area contributed by atoms with Gasteiger partial charge in [0.15, 0.2) is 0 Å². The van der Waals surface area contributed by atoms with Gasteiger partial charge >= 0.3 is 0 Å². The smallest absolute Gasteiger partial charge is 0.242 e. The highest BCUT2D eigenvalue weighted by Crippen LogP contribution is 2.23. The second kappa shape index (κ2) is 4.66. The quantitative estimate of drug-likeness (QED) is 0.817. The molecule has 0 aliphatic carbocycles. The summed E-state index contributed by atoms with van der Waals surface area (Å²) in [6.45, 7) is 2.66. The Morgan fingerprint density at radius 1 is 1.41 bits per heavy atom. The van der Waals surface area contributed by atoms with Gasteiger partial charge in [0.1, 0.15) is 5.25 Å². The molecule has 4 nitrogen and oxygen atoms in total. The number of aryl methyl sites for hydroxylation is 1. The van der Waals surface area contributed by atoms with Gasteiger partial charge < -0.3 is 4.74 Å². The average molecular weight is 255 g/mol. The lowest BCUT2D eigenvalue weighted by Gasteiger charge is -2.31. The van der Waals surface area contributed by atoms with Crippen molar-refractivity contribution in [1.82, 2.24) is 0 Å². The minimum atomic E-state index is -3.27. The molecule has 0 bridgehead atoms. The monoisotopic (exact) mass is 255 g/mol. The zero-order chi connectivity index (χ0) is 12.5. The molecule has 0 aromatic heterocycles. The van der Waals surface area contributed by atoms with Crippen molar-refractivity contribution in [2.24, 2.45) is 0 Å². The fraction of sp³-hybridized carbons (Fsp3) is 0.500. The van der Waals surface area contributed by atoms with Crippen LogP contribution >= 0.6 is 0 Å². The van der Waals surface area contributed by atoms with E-state index < -0.39 is 15.3 Å². The molecule has 5 heteroatoms. The van der Waals surface area contributed by atoms with E-state index in [0.29, 0.717) is 13.2 Å². The average Bonchev–Trinajstić information content (AvgIpc) is 2.25. The molecule has 17 heavy (non-hydrogen) atoms. The van der Waals surface area contributed by atoms with Gasteiger partial charge in [-0.1, -0.05) is 19.1 Å². The molecule has 0 spiro atoms. The second-order valence-corrected chi connectivity index (χ2v) is 6.44. The van der Waals surface area contributed by atoms with Crippen LogP contribution in [0.15, 0.2) is 24.3 Å². The minimum Gasteiger partial charge on any atom is -0.378 e. The highest BCUT2D eigenvalue weighted by atomic mass is 32.2. The first kappa shape index (κ1) is 12.4. The van der Waals surface area contributed by atoms with Crippen LogP contribution in [-0.4, -0.2) is 33.9 Å². The molecule has 2 rings (SSSR count). The second-order valence-electron chi connectivity index (χ2n) is 4.20. The molecule has 1 aromatic carbocycles. The van der Waals surface area contributed by atoms with Crippen molar-refractivity contribution in [1.29, 1.82) is 0 Å². The number of rotatable bonds is 4. The fourth-order valence-electron chi connectivity index (χ4n) is 1.73. The molecule has 0 N–H and O–H groups in total. The SMILES string of the molecule is CCc1cccc(N(C)S(=O)(=O)C2COC2)c1. The largest absolute Gasteiger partial charge is 0.378 e. The van der Waals surface area contributed by atoms with Crippen LogP contribution in [-0.2, 0) is 21.2 Å². The summed E-state index contributed by atoms with van der Waals surface area (Å²) in [6, 6.07) is 7.61. The van der Waals surface area contributed by atoms with Crippen molar-refractivity contribution in [3.05, 3.63) is 29.8 Å². The maximum Gasteiger partial charge on any atom is 0.242 e. The van der Waals surface area contributed by atoms with Crippen LogP contribution in [0.2, 0.25) is 0 Å². The molecule has 1 aromatic rings. The standard InChI is InChI=1S/C12H17NO3S/c1-3-10-5-4-6-11(7-10)13(2)17(14,15)12-8-16-9-12/h4-7,12H,3,8-9H2,1-2H3. The van der Waals surface area contributed by atoms with E-state index in [-0.39, 0.29) is 0 Å². The van der Waals surface area contributed by atoms with E-state index in [1.165, 1.54) is 4.31 Å². The Hall–Kier alpha value is -1.07. The van der Waals surface area contributed by atoms with Gasteiger partial charge in [0.25, 0.3) is 0 Å². The lowest BCUT2D eigenvalue weighted by atomic mass is 10.1. The summed E-state index contributed by atoms with van der Waals surface area (Å²) in [5, 5.41) is -0.391. The molecule has 0 amide bonds. The molecular formula is C12H17NO3S. The predicted octanol–water partition coefficient (Wildman–Crippen LogP) is 1.41. The molecule has 0 atom stereocenters. The number of benzene rings is 1. The number of hydrogen-bond donors (Lipinski definition) is 0. The van der Waals surface area contributed by atoms with Crippen molar-refractivity contribution < 1.29 is 13.2 Å².